The van der Waals surface area contributed by atoms with Crippen LogP contribution in [0.2, 0.25) is 0 Å². The highest BCUT2D eigenvalue weighted by atomic mass is 32.2. The minimum atomic E-state index is -4.01. The number of hydrogen-bond donors (Lipinski definition) is 1. The number of sulfonamides is 1. The van der Waals surface area contributed by atoms with Gasteiger partial charge in [-0.25, -0.2) is 18.4 Å². The van der Waals surface area contributed by atoms with Crippen molar-refractivity contribution >= 4 is 21.8 Å². The van der Waals surface area contributed by atoms with E-state index >= 15 is 0 Å². The normalized spacial score (nSPS) is 11.2. The Bertz CT molecular complexity index is 1060. The highest BCUT2D eigenvalue weighted by molar-refractivity contribution is 7.89. The van der Waals surface area contributed by atoms with Crippen molar-refractivity contribution in [1.29, 1.82) is 0 Å². The molecule has 0 radical (unpaired) electrons. The maximum absolute atomic E-state index is 12.6. The number of Topliss-reactive ketones (excluding diaryl/α,β-unsaturated/α-hetero) is 1. The molecule has 7 nitrogen and oxygen atoms in total. The van der Waals surface area contributed by atoms with Gasteiger partial charge in [-0.2, -0.15) is 0 Å². The number of methoxy groups -OCH3 is 1. The number of ether oxygens (including phenoxy) is 2. The van der Waals surface area contributed by atoms with Crippen LogP contribution in [0.5, 0.6) is 5.75 Å². The molecule has 2 rings (SSSR count). The molecule has 0 unspecified atom stereocenters. The predicted molar refractivity (Wildman–Crippen MR) is 104 cm³/mol. The summed E-state index contributed by atoms with van der Waals surface area (Å²) < 4.78 is 33.2. The van der Waals surface area contributed by atoms with Crippen molar-refractivity contribution in [3.63, 3.8) is 0 Å². The molecule has 0 bridgehead atoms. The lowest BCUT2D eigenvalue weighted by atomic mass is 9.93. The predicted octanol–water partition coefficient (Wildman–Crippen LogP) is 2.62. The van der Waals surface area contributed by atoms with Crippen molar-refractivity contribution in [1.82, 2.24) is 0 Å². The Labute approximate surface area is 164 Å². The van der Waals surface area contributed by atoms with Crippen LogP contribution in [-0.4, -0.2) is 33.9 Å². The van der Waals surface area contributed by atoms with Gasteiger partial charge in [-0.15, -0.1) is 0 Å². The Morgan fingerprint density at radius 3 is 2.18 bits per heavy atom. The minimum Gasteiger partial charge on any atom is -0.496 e. The van der Waals surface area contributed by atoms with E-state index in [-0.39, 0.29) is 22.0 Å². The second-order valence-electron chi connectivity index (χ2n) is 6.52. The SMILES string of the molecule is COc1ccc(S(N)(=O)=O)cc1C(=O)OCC(=O)c1cc(C)c(C)c(C)c1C. The van der Waals surface area contributed by atoms with Gasteiger partial charge in [-0.05, 0) is 74.2 Å². The van der Waals surface area contributed by atoms with E-state index in [0.717, 1.165) is 28.3 Å². The van der Waals surface area contributed by atoms with E-state index < -0.39 is 22.6 Å². The molecule has 0 aliphatic carbocycles. The maximum atomic E-state index is 12.6. The van der Waals surface area contributed by atoms with E-state index in [1.165, 1.54) is 19.2 Å². The van der Waals surface area contributed by atoms with Crippen LogP contribution >= 0.6 is 0 Å². The van der Waals surface area contributed by atoms with Crippen LogP contribution in [-0.2, 0) is 14.8 Å². The van der Waals surface area contributed by atoms with Crippen molar-refractivity contribution in [3.8, 4) is 5.75 Å². The zero-order valence-corrected chi connectivity index (χ0v) is 17.3. The summed E-state index contributed by atoms with van der Waals surface area (Å²) in [5.41, 5.74) is 4.28. The zero-order valence-electron chi connectivity index (χ0n) is 16.5. The van der Waals surface area contributed by atoms with Crippen LogP contribution in [0, 0.1) is 27.7 Å². The minimum absolute atomic E-state index is 0.114. The first-order valence-electron chi connectivity index (χ1n) is 8.46. The Kier molecular flexibility index (Phi) is 6.26. The number of carbonyl (C=O) groups is 2. The number of rotatable bonds is 6. The number of aryl methyl sites for hydroxylation is 1. The molecule has 0 atom stereocenters. The topological polar surface area (TPSA) is 113 Å². The Hall–Kier alpha value is -2.71. The summed E-state index contributed by atoms with van der Waals surface area (Å²) in [5.74, 6) is -1.12. The summed E-state index contributed by atoms with van der Waals surface area (Å²) >= 11 is 0. The molecule has 8 heteroatoms. The van der Waals surface area contributed by atoms with Gasteiger partial charge in [0.05, 0.1) is 12.0 Å². The fraction of sp³-hybridized carbons (Fsp3) is 0.300. The monoisotopic (exact) mass is 405 g/mol. The molecular formula is C20H23NO6S. The number of carbonyl (C=O) groups excluding carboxylic acids is 2. The van der Waals surface area contributed by atoms with Gasteiger partial charge in [0, 0.05) is 5.56 Å². The Morgan fingerprint density at radius 1 is 0.964 bits per heavy atom. The fourth-order valence-corrected chi connectivity index (χ4v) is 3.35. The summed E-state index contributed by atoms with van der Waals surface area (Å²) in [6, 6.07) is 5.36. The van der Waals surface area contributed by atoms with Crippen molar-refractivity contribution in [2.24, 2.45) is 5.14 Å². The number of hydrogen-bond acceptors (Lipinski definition) is 6. The smallest absolute Gasteiger partial charge is 0.342 e. The summed E-state index contributed by atoms with van der Waals surface area (Å²) in [7, 11) is -2.68. The van der Waals surface area contributed by atoms with Gasteiger partial charge in [0.1, 0.15) is 11.3 Å². The molecule has 0 aliphatic heterocycles. The number of primary sulfonamides is 1. The van der Waals surface area contributed by atoms with Crippen molar-refractivity contribution < 1.29 is 27.5 Å². The Morgan fingerprint density at radius 2 is 1.61 bits per heavy atom. The van der Waals surface area contributed by atoms with Crippen LogP contribution in [0.4, 0.5) is 0 Å². The van der Waals surface area contributed by atoms with Gasteiger partial charge in [-0.3, -0.25) is 4.79 Å². The molecule has 150 valence electrons. The third-order valence-corrected chi connectivity index (χ3v) is 5.75. The lowest BCUT2D eigenvalue weighted by Crippen LogP contribution is -2.18. The van der Waals surface area contributed by atoms with Gasteiger partial charge in [0.25, 0.3) is 0 Å². The molecule has 0 saturated heterocycles. The van der Waals surface area contributed by atoms with E-state index in [1.807, 2.05) is 27.7 Å². The van der Waals surface area contributed by atoms with Crippen LogP contribution in [0.25, 0.3) is 0 Å². The second kappa shape index (κ2) is 8.12. The maximum Gasteiger partial charge on any atom is 0.342 e. The number of benzene rings is 2. The van der Waals surface area contributed by atoms with E-state index in [1.54, 1.807) is 6.07 Å². The largest absolute Gasteiger partial charge is 0.496 e. The van der Waals surface area contributed by atoms with E-state index in [0.29, 0.717) is 5.56 Å². The number of ketones is 1. The Balaban J connectivity index is 2.26. The van der Waals surface area contributed by atoms with E-state index in [2.05, 4.69) is 0 Å². The molecule has 0 amide bonds. The highest BCUT2D eigenvalue weighted by Gasteiger charge is 2.21. The third kappa shape index (κ3) is 4.40. The molecular weight excluding hydrogens is 382 g/mol. The summed E-state index contributed by atoms with van der Waals surface area (Å²) in [5, 5.41) is 5.10. The quantitative estimate of drug-likeness (QED) is 0.584. The number of nitrogens with two attached hydrogens (primary N) is 1. The molecule has 0 aliphatic rings. The van der Waals surface area contributed by atoms with Crippen molar-refractivity contribution in [3.05, 3.63) is 57.6 Å². The number of esters is 1. The van der Waals surface area contributed by atoms with E-state index in [4.69, 9.17) is 14.6 Å². The zero-order chi connectivity index (χ0) is 21.2. The van der Waals surface area contributed by atoms with Gasteiger partial charge in [0.2, 0.25) is 15.8 Å². The lowest BCUT2D eigenvalue weighted by Gasteiger charge is -2.14. The fourth-order valence-electron chi connectivity index (χ4n) is 2.81. The molecule has 2 N–H and O–H groups in total. The highest BCUT2D eigenvalue weighted by Crippen LogP contribution is 2.24. The lowest BCUT2D eigenvalue weighted by molar-refractivity contribution is 0.0471. The molecule has 2 aromatic carbocycles. The summed E-state index contributed by atoms with van der Waals surface area (Å²) in [4.78, 5) is 24.7. The van der Waals surface area contributed by atoms with Gasteiger partial charge < -0.3 is 9.47 Å². The first-order valence-corrected chi connectivity index (χ1v) is 10.0. The van der Waals surface area contributed by atoms with Crippen molar-refractivity contribution in [2.45, 2.75) is 32.6 Å². The summed E-state index contributed by atoms with van der Waals surface area (Å²) in [6.45, 7) is 7.19. The average Bonchev–Trinajstić information content (AvgIpc) is 2.65. The molecule has 0 aromatic heterocycles. The van der Waals surface area contributed by atoms with E-state index in [9.17, 15) is 18.0 Å². The van der Waals surface area contributed by atoms with Crippen LogP contribution in [0.3, 0.4) is 0 Å². The first kappa shape index (κ1) is 21.6. The molecule has 28 heavy (non-hydrogen) atoms. The second-order valence-corrected chi connectivity index (χ2v) is 8.08. The standard InChI is InChI=1S/C20H23NO6S/c1-11-8-16(14(4)13(3)12(11)2)18(22)10-27-20(23)17-9-15(28(21,24)25)6-7-19(17)26-5/h6-9H,10H2,1-5H3,(H2,21,24,25). The van der Waals surface area contributed by atoms with Crippen LogP contribution in [0.1, 0.15) is 43.0 Å². The molecule has 2 aromatic rings. The van der Waals surface area contributed by atoms with Gasteiger partial charge >= 0.3 is 5.97 Å². The molecule has 0 saturated carbocycles. The third-order valence-electron chi connectivity index (χ3n) is 4.84. The molecule has 0 heterocycles. The van der Waals surface area contributed by atoms with Crippen LogP contribution < -0.4 is 9.88 Å². The van der Waals surface area contributed by atoms with Crippen molar-refractivity contribution in [2.75, 3.05) is 13.7 Å². The molecule has 0 fully saturated rings. The molecule has 0 spiro atoms. The van der Waals surface area contributed by atoms with Crippen LogP contribution in [0.15, 0.2) is 29.2 Å². The van der Waals surface area contributed by atoms with Gasteiger partial charge in [0.15, 0.2) is 6.61 Å². The summed E-state index contributed by atoms with van der Waals surface area (Å²) in [6.07, 6.45) is 0. The average molecular weight is 405 g/mol. The van der Waals surface area contributed by atoms with Gasteiger partial charge in [-0.1, -0.05) is 0 Å². The first-order chi connectivity index (χ1) is 13.0.